The minimum atomic E-state index is -0.220. The van der Waals surface area contributed by atoms with E-state index >= 15 is 0 Å². The van der Waals surface area contributed by atoms with Gasteiger partial charge in [0.1, 0.15) is 0 Å². The number of hydrogen-bond acceptors (Lipinski definition) is 5. The Kier molecular flexibility index (Phi) is 4.04. The van der Waals surface area contributed by atoms with Crippen LogP contribution in [0.15, 0.2) is 36.5 Å². The highest BCUT2D eigenvalue weighted by molar-refractivity contribution is 5.94. The average Bonchev–Trinajstić information content (AvgIpc) is 2.45. The van der Waals surface area contributed by atoms with Gasteiger partial charge in [-0.05, 0) is 18.2 Å². The molecule has 1 heterocycles. The van der Waals surface area contributed by atoms with Gasteiger partial charge >= 0.3 is 0 Å². The summed E-state index contributed by atoms with van der Waals surface area (Å²) in [6.45, 7) is 0.160. The van der Waals surface area contributed by atoms with Gasteiger partial charge in [0, 0.05) is 23.9 Å². The number of hydrogen-bond donors (Lipinski definition) is 3. The lowest BCUT2D eigenvalue weighted by Gasteiger charge is -2.05. The number of rotatable bonds is 4. The van der Waals surface area contributed by atoms with E-state index in [0.29, 0.717) is 11.3 Å². The number of aliphatic hydroxyl groups excluding tert-OH is 1. The molecule has 1 amide bonds. The van der Waals surface area contributed by atoms with Gasteiger partial charge in [-0.1, -0.05) is 12.1 Å². The largest absolute Gasteiger partial charge is 0.395 e. The highest BCUT2D eigenvalue weighted by Gasteiger charge is 2.05. The number of nitrogen functional groups attached to an aromatic ring is 1. The molecule has 0 saturated heterocycles. The van der Waals surface area contributed by atoms with Crippen molar-refractivity contribution in [2.24, 2.45) is 0 Å². The molecule has 0 bridgehead atoms. The van der Waals surface area contributed by atoms with Crippen LogP contribution in [0.4, 0.5) is 5.95 Å². The van der Waals surface area contributed by atoms with Crippen LogP contribution in [0.5, 0.6) is 0 Å². The molecule has 0 saturated carbocycles. The molecule has 0 radical (unpaired) electrons. The van der Waals surface area contributed by atoms with Gasteiger partial charge in [-0.2, -0.15) is 0 Å². The fourth-order valence-corrected chi connectivity index (χ4v) is 1.60. The molecule has 0 fully saturated rings. The maximum Gasteiger partial charge on any atom is 0.251 e. The summed E-state index contributed by atoms with van der Waals surface area (Å²) in [5, 5.41) is 11.2. The average molecular weight is 258 g/mol. The number of nitrogens with zero attached hydrogens (tertiary/aromatic N) is 2. The minimum Gasteiger partial charge on any atom is -0.395 e. The summed E-state index contributed by atoms with van der Waals surface area (Å²) in [6.07, 6.45) is 1.58. The minimum absolute atomic E-state index is 0.0793. The molecule has 0 atom stereocenters. The van der Waals surface area contributed by atoms with Crippen LogP contribution in [0.2, 0.25) is 0 Å². The van der Waals surface area contributed by atoms with Crippen molar-refractivity contribution in [3.8, 4) is 11.3 Å². The Morgan fingerprint density at radius 2 is 2.00 bits per heavy atom. The number of aromatic nitrogens is 2. The van der Waals surface area contributed by atoms with Crippen molar-refractivity contribution >= 4 is 11.9 Å². The summed E-state index contributed by atoms with van der Waals surface area (Å²) in [5.41, 5.74) is 7.60. The lowest BCUT2D eigenvalue weighted by atomic mass is 10.1. The summed E-state index contributed by atoms with van der Waals surface area (Å²) < 4.78 is 0. The predicted molar refractivity (Wildman–Crippen MR) is 71.3 cm³/mol. The second kappa shape index (κ2) is 5.92. The molecule has 6 heteroatoms. The third kappa shape index (κ3) is 3.26. The van der Waals surface area contributed by atoms with E-state index < -0.39 is 0 Å². The molecular weight excluding hydrogens is 244 g/mol. The number of carbonyl (C=O) groups excluding carboxylic acids is 1. The number of carbonyl (C=O) groups is 1. The topological polar surface area (TPSA) is 101 Å². The molecule has 2 aromatic rings. The summed E-state index contributed by atoms with van der Waals surface area (Å²) in [4.78, 5) is 19.6. The van der Waals surface area contributed by atoms with Gasteiger partial charge in [0.15, 0.2) is 0 Å². The Hall–Kier alpha value is -2.47. The molecule has 19 heavy (non-hydrogen) atoms. The highest BCUT2D eigenvalue weighted by atomic mass is 16.3. The molecule has 1 aromatic heterocycles. The zero-order chi connectivity index (χ0) is 13.7. The highest BCUT2D eigenvalue weighted by Crippen LogP contribution is 2.17. The molecular formula is C13H14N4O2. The Labute approximate surface area is 110 Å². The van der Waals surface area contributed by atoms with Crippen LogP contribution in [-0.2, 0) is 0 Å². The molecule has 2 rings (SSSR count). The normalized spacial score (nSPS) is 10.2. The molecule has 0 aliphatic carbocycles. The molecule has 0 aliphatic heterocycles. The standard InChI is InChI=1S/C13H14N4O2/c14-13-16-6-5-11(17-13)9-1-3-10(4-2-9)12(19)15-7-8-18/h1-6,18H,7-8H2,(H,15,19)(H2,14,16,17). The summed E-state index contributed by atoms with van der Waals surface area (Å²) in [6, 6.07) is 8.71. The van der Waals surface area contributed by atoms with Crippen molar-refractivity contribution in [1.82, 2.24) is 15.3 Å². The van der Waals surface area contributed by atoms with Crippen LogP contribution in [0.3, 0.4) is 0 Å². The molecule has 0 unspecified atom stereocenters. The Bertz CT molecular complexity index is 569. The number of aliphatic hydroxyl groups is 1. The van der Waals surface area contributed by atoms with Crippen molar-refractivity contribution in [2.45, 2.75) is 0 Å². The van der Waals surface area contributed by atoms with E-state index in [1.54, 1.807) is 36.5 Å². The number of nitrogens with two attached hydrogens (primary N) is 1. The van der Waals surface area contributed by atoms with Gasteiger partial charge in [0.2, 0.25) is 5.95 Å². The zero-order valence-corrected chi connectivity index (χ0v) is 10.2. The first-order valence-electron chi connectivity index (χ1n) is 5.78. The van der Waals surface area contributed by atoms with Crippen LogP contribution in [-0.4, -0.2) is 34.1 Å². The molecule has 0 aliphatic rings. The van der Waals surface area contributed by atoms with Crippen molar-refractivity contribution in [2.75, 3.05) is 18.9 Å². The van der Waals surface area contributed by atoms with Crippen molar-refractivity contribution in [3.63, 3.8) is 0 Å². The first-order chi connectivity index (χ1) is 9.20. The van der Waals surface area contributed by atoms with E-state index in [4.69, 9.17) is 10.8 Å². The van der Waals surface area contributed by atoms with Crippen LogP contribution in [0, 0.1) is 0 Å². The molecule has 6 nitrogen and oxygen atoms in total. The van der Waals surface area contributed by atoms with E-state index in [0.717, 1.165) is 5.56 Å². The third-order valence-electron chi connectivity index (χ3n) is 2.51. The number of nitrogens with one attached hydrogen (secondary N) is 1. The second-order valence-corrected chi connectivity index (χ2v) is 3.86. The summed E-state index contributed by atoms with van der Waals surface area (Å²) in [7, 11) is 0. The van der Waals surface area contributed by atoms with Gasteiger partial charge in [0.25, 0.3) is 5.91 Å². The van der Waals surface area contributed by atoms with E-state index in [2.05, 4.69) is 15.3 Å². The van der Waals surface area contributed by atoms with E-state index in [1.807, 2.05) is 0 Å². The third-order valence-corrected chi connectivity index (χ3v) is 2.51. The molecule has 98 valence electrons. The second-order valence-electron chi connectivity index (χ2n) is 3.86. The predicted octanol–water partition coefficient (Wildman–Crippen LogP) is 0.448. The molecule has 0 spiro atoms. The molecule has 1 aromatic carbocycles. The summed E-state index contributed by atoms with van der Waals surface area (Å²) in [5.74, 6) is -0.00920. The van der Waals surface area contributed by atoms with Crippen molar-refractivity contribution < 1.29 is 9.90 Å². The maximum absolute atomic E-state index is 11.6. The molecule has 4 N–H and O–H groups in total. The lowest BCUT2D eigenvalue weighted by molar-refractivity contribution is 0.0945. The van der Waals surface area contributed by atoms with Gasteiger partial charge in [-0.25, -0.2) is 9.97 Å². The number of benzene rings is 1. The van der Waals surface area contributed by atoms with E-state index in [1.165, 1.54) is 0 Å². The van der Waals surface area contributed by atoms with Crippen LogP contribution in [0.25, 0.3) is 11.3 Å². The Morgan fingerprint density at radius 3 is 2.63 bits per heavy atom. The fourth-order valence-electron chi connectivity index (χ4n) is 1.60. The van der Waals surface area contributed by atoms with Crippen LogP contribution < -0.4 is 11.1 Å². The smallest absolute Gasteiger partial charge is 0.251 e. The summed E-state index contributed by atoms with van der Waals surface area (Å²) >= 11 is 0. The van der Waals surface area contributed by atoms with Crippen molar-refractivity contribution in [3.05, 3.63) is 42.1 Å². The van der Waals surface area contributed by atoms with Gasteiger partial charge in [-0.15, -0.1) is 0 Å². The zero-order valence-electron chi connectivity index (χ0n) is 10.2. The van der Waals surface area contributed by atoms with Gasteiger partial charge < -0.3 is 16.2 Å². The van der Waals surface area contributed by atoms with Crippen LogP contribution >= 0.6 is 0 Å². The van der Waals surface area contributed by atoms with E-state index in [9.17, 15) is 4.79 Å². The maximum atomic E-state index is 11.6. The fraction of sp³-hybridized carbons (Fsp3) is 0.154. The Morgan fingerprint density at radius 1 is 1.26 bits per heavy atom. The first-order valence-corrected chi connectivity index (χ1v) is 5.78. The first kappa shape index (κ1) is 13.0. The Balaban J connectivity index is 2.16. The lowest BCUT2D eigenvalue weighted by Crippen LogP contribution is -2.26. The number of anilines is 1. The van der Waals surface area contributed by atoms with Crippen LogP contribution in [0.1, 0.15) is 10.4 Å². The van der Waals surface area contributed by atoms with Gasteiger partial charge in [0.05, 0.1) is 12.3 Å². The SMILES string of the molecule is Nc1nccc(-c2ccc(C(=O)NCCO)cc2)n1. The number of amides is 1. The van der Waals surface area contributed by atoms with E-state index in [-0.39, 0.29) is 25.0 Å². The van der Waals surface area contributed by atoms with Gasteiger partial charge in [-0.3, -0.25) is 4.79 Å². The quantitative estimate of drug-likeness (QED) is 0.739. The van der Waals surface area contributed by atoms with Crippen molar-refractivity contribution in [1.29, 1.82) is 0 Å². The monoisotopic (exact) mass is 258 g/mol.